The standard InChI is InChI=1S/C19H24N2O2S/c1-13-12-16(13)18(22)20-7-9-21(10-8-20)19(23)17-15-5-3-2-4-14(15)6-11-24-17/h2-5,13,16-17H,6-12H2,1H3/t13-,16+,17+/m1/s1. The number of amides is 2. The molecule has 0 aromatic heterocycles. The Hall–Kier alpha value is -1.49. The van der Waals surface area contributed by atoms with Crippen LogP contribution in [0.5, 0.6) is 0 Å². The van der Waals surface area contributed by atoms with Gasteiger partial charge in [-0.3, -0.25) is 9.59 Å². The second-order valence-electron chi connectivity index (χ2n) is 7.17. The van der Waals surface area contributed by atoms with Crippen molar-refractivity contribution in [3.8, 4) is 0 Å². The second kappa shape index (κ2) is 6.43. The third kappa shape index (κ3) is 2.94. The van der Waals surface area contributed by atoms with Crippen molar-refractivity contribution >= 4 is 23.6 Å². The van der Waals surface area contributed by atoms with Crippen LogP contribution >= 0.6 is 11.8 Å². The Morgan fingerprint density at radius 1 is 1.04 bits per heavy atom. The number of fused-ring (bicyclic) bond motifs is 1. The molecule has 1 aliphatic carbocycles. The summed E-state index contributed by atoms with van der Waals surface area (Å²) >= 11 is 1.76. The minimum atomic E-state index is -0.0688. The summed E-state index contributed by atoms with van der Waals surface area (Å²) in [5.41, 5.74) is 2.50. The van der Waals surface area contributed by atoms with Crippen LogP contribution in [0.4, 0.5) is 0 Å². The van der Waals surface area contributed by atoms with Gasteiger partial charge < -0.3 is 9.80 Å². The van der Waals surface area contributed by atoms with E-state index in [2.05, 4.69) is 25.1 Å². The number of rotatable bonds is 2. The molecule has 0 unspecified atom stereocenters. The molecular formula is C19H24N2O2S. The largest absolute Gasteiger partial charge is 0.339 e. The van der Waals surface area contributed by atoms with Gasteiger partial charge in [0.05, 0.1) is 0 Å². The quantitative estimate of drug-likeness (QED) is 0.827. The van der Waals surface area contributed by atoms with Crippen LogP contribution in [0, 0.1) is 11.8 Å². The number of carbonyl (C=O) groups is 2. The summed E-state index contributed by atoms with van der Waals surface area (Å²) in [6, 6.07) is 8.32. The van der Waals surface area contributed by atoms with Gasteiger partial charge in [0, 0.05) is 32.1 Å². The summed E-state index contributed by atoms with van der Waals surface area (Å²) in [5, 5.41) is -0.0688. The molecule has 3 atom stereocenters. The maximum atomic E-state index is 13.0. The highest BCUT2D eigenvalue weighted by Gasteiger charge is 2.42. The van der Waals surface area contributed by atoms with Gasteiger partial charge in [-0.25, -0.2) is 0 Å². The molecule has 5 heteroatoms. The average Bonchev–Trinajstić information content (AvgIpc) is 3.37. The van der Waals surface area contributed by atoms with E-state index in [1.165, 1.54) is 11.1 Å². The van der Waals surface area contributed by atoms with E-state index >= 15 is 0 Å². The summed E-state index contributed by atoms with van der Waals surface area (Å²) in [4.78, 5) is 29.2. The molecule has 0 bridgehead atoms. The molecule has 2 amide bonds. The number of benzene rings is 1. The molecule has 1 saturated heterocycles. The fraction of sp³-hybridized carbons (Fsp3) is 0.579. The molecule has 0 radical (unpaired) electrons. The van der Waals surface area contributed by atoms with Gasteiger partial charge in [-0.2, -0.15) is 0 Å². The van der Waals surface area contributed by atoms with Gasteiger partial charge >= 0.3 is 0 Å². The third-order valence-corrected chi connectivity index (χ3v) is 6.78. The van der Waals surface area contributed by atoms with Gasteiger partial charge in [-0.05, 0) is 35.6 Å². The molecule has 1 aromatic rings. The Balaban J connectivity index is 1.39. The Labute approximate surface area is 147 Å². The lowest BCUT2D eigenvalue weighted by Crippen LogP contribution is -2.52. The zero-order valence-electron chi connectivity index (χ0n) is 14.1. The minimum Gasteiger partial charge on any atom is -0.339 e. The highest BCUT2D eigenvalue weighted by atomic mass is 32.2. The average molecular weight is 344 g/mol. The predicted octanol–water partition coefficient (Wildman–Crippen LogP) is 2.34. The third-order valence-electron chi connectivity index (χ3n) is 5.55. The molecule has 128 valence electrons. The molecule has 1 saturated carbocycles. The number of aryl methyl sites for hydroxylation is 1. The van der Waals surface area contributed by atoms with Gasteiger partial charge in [0.15, 0.2) is 0 Å². The number of carbonyl (C=O) groups excluding carboxylic acids is 2. The van der Waals surface area contributed by atoms with Crippen LogP contribution in [0.1, 0.15) is 29.7 Å². The number of hydrogen-bond acceptors (Lipinski definition) is 3. The highest BCUT2D eigenvalue weighted by Crippen LogP contribution is 2.40. The zero-order chi connectivity index (χ0) is 16.7. The van der Waals surface area contributed by atoms with Crippen molar-refractivity contribution in [1.82, 2.24) is 9.80 Å². The lowest BCUT2D eigenvalue weighted by atomic mass is 10.0. The Morgan fingerprint density at radius 3 is 2.33 bits per heavy atom. The summed E-state index contributed by atoms with van der Waals surface area (Å²) in [6.07, 6.45) is 2.08. The van der Waals surface area contributed by atoms with Crippen LogP contribution in [0.25, 0.3) is 0 Å². The van der Waals surface area contributed by atoms with E-state index in [1.54, 1.807) is 11.8 Å². The Morgan fingerprint density at radius 2 is 1.67 bits per heavy atom. The molecule has 2 aliphatic heterocycles. The fourth-order valence-electron chi connectivity index (χ4n) is 3.81. The lowest BCUT2D eigenvalue weighted by molar-refractivity contribution is -0.140. The first-order valence-corrected chi connectivity index (χ1v) is 9.97. The van der Waals surface area contributed by atoms with E-state index in [4.69, 9.17) is 0 Å². The molecule has 0 N–H and O–H groups in total. The first kappa shape index (κ1) is 16.0. The molecule has 1 aromatic carbocycles. The van der Waals surface area contributed by atoms with Crippen LogP contribution < -0.4 is 0 Å². The smallest absolute Gasteiger partial charge is 0.240 e. The van der Waals surface area contributed by atoms with Crippen molar-refractivity contribution < 1.29 is 9.59 Å². The van der Waals surface area contributed by atoms with Crippen LogP contribution in [-0.4, -0.2) is 53.5 Å². The van der Waals surface area contributed by atoms with Crippen molar-refractivity contribution in [2.75, 3.05) is 31.9 Å². The number of hydrogen-bond donors (Lipinski definition) is 0. The van der Waals surface area contributed by atoms with E-state index < -0.39 is 0 Å². The number of thioether (sulfide) groups is 1. The molecule has 2 fully saturated rings. The van der Waals surface area contributed by atoms with Gasteiger partial charge in [0.25, 0.3) is 0 Å². The van der Waals surface area contributed by atoms with Gasteiger partial charge in [0.2, 0.25) is 11.8 Å². The number of piperazine rings is 1. The summed E-state index contributed by atoms with van der Waals surface area (Å²) in [5.74, 6) is 2.32. The monoisotopic (exact) mass is 344 g/mol. The molecule has 4 rings (SSSR count). The Kier molecular flexibility index (Phi) is 4.29. The molecule has 24 heavy (non-hydrogen) atoms. The summed E-state index contributed by atoms with van der Waals surface area (Å²) in [7, 11) is 0. The van der Waals surface area contributed by atoms with Crippen LogP contribution in [0.2, 0.25) is 0 Å². The highest BCUT2D eigenvalue weighted by molar-refractivity contribution is 8.00. The van der Waals surface area contributed by atoms with E-state index in [1.807, 2.05) is 15.9 Å². The van der Waals surface area contributed by atoms with Gasteiger partial charge in [0.1, 0.15) is 5.25 Å². The maximum Gasteiger partial charge on any atom is 0.240 e. The SMILES string of the molecule is C[C@@H]1C[C@@H]1C(=O)N1CCN(C(=O)[C@H]2SCCc3ccccc32)CC1. The van der Waals surface area contributed by atoms with E-state index in [9.17, 15) is 9.59 Å². The van der Waals surface area contributed by atoms with Crippen LogP contribution in [-0.2, 0) is 16.0 Å². The second-order valence-corrected chi connectivity index (χ2v) is 8.38. The van der Waals surface area contributed by atoms with E-state index in [-0.39, 0.29) is 17.1 Å². The van der Waals surface area contributed by atoms with Crippen molar-refractivity contribution in [1.29, 1.82) is 0 Å². The fourth-order valence-corrected chi connectivity index (χ4v) is 5.09. The molecule has 3 aliphatic rings. The van der Waals surface area contributed by atoms with Crippen molar-refractivity contribution in [2.24, 2.45) is 11.8 Å². The van der Waals surface area contributed by atoms with Crippen molar-refractivity contribution in [3.63, 3.8) is 0 Å². The van der Waals surface area contributed by atoms with E-state index in [0.717, 1.165) is 18.6 Å². The Bertz CT molecular complexity index is 655. The number of nitrogens with zero attached hydrogens (tertiary/aromatic N) is 2. The molecule has 0 spiro atoms. The normalized spacial score (nSPS) is 29.1. The lowest BCUT2D eigenvalue weighted by Gasteiger charge is -2.37. The minimum absolute atomic E-state index is 0.0688. The first-order valence-electron chi connectivity index (χ1n) is 8.92. The van der Waals surface area contributed by atoms with Crippen LogP contribution in [0.15, 0.2) is 24.3 Å². The van der Waals surface area contributed by atoms with Crippen molar-refractivity contribution in [3.05, 3.63) is 35.4 Å². The van der Waals surface area contributed by atoms with E-state index in [0.29, 0.717) is 38.0 Å². The maximum absolute atomic E-state index is 13.0. The van der Waals surface area contributed by atoms with Crippen LogP contribution in [0.3, 0.4) is 0 Å². The molecule has 2 heterocycles. The predicted molar refractivity (Wildman–Crippen MR) is 95.8 cm³/mol. The summed E-state index contributed by atoms with van der Waals surface area (Å²) < 4.78 is 0. The molecule has 4 nitrogen and oxygen atoms in total. The first-order chi connectivity index (χ1) is 11.6. The topological polar surface area (TPSA) is 40.6 Å². The van der Waals surface area contributed by atoms with Crippen molar-refractivity contribution in [2.45, 2.75) is 25.0 Å². The zero-order valence-corrected chi connectivity index (χ0v) is 14.9. The molecular weight excluding hydrogens is 320 g/mol. The van der Waals surface area contributed by atoms with Gasteiger partial charge in [-0.15, -0.1) is 11.8 Å². The van der Waals surface area contributed by atoms with Gasteiger partial charge in [-0.1, -0.05) is 31.2 Å². The summed E-state index contributed by atoms with van der Waals surface area (Å²) in [6.45, 7) is 4.86.